The van der Waals surface area contributed by atoms with E-state index in [2.05, 4.69) is 21.1 Å². The molecule has 0 amide bonds. The quantitative estimate of drug-likeness (QED) is 0.721. The molecular formula is C15H13BrN2O2S. The lowest BCUT2D eigenvalue weighted by Crippen LogP contribution is -1.92. The topological polar surface area (TPSA) is 61.3 Å². The van der Waals surface area contributed by atoms with Gasteiger partial charge in [-0.1, -0.05) is 17.3 Å². The third-order valence-corrected chi connectivity index (χ3v) is 4.59. The molecule has 0 aliphatic rings. The van der Waals surface area contributed by atoms with Gasteiger partial charge in [-0.15, -0.1) is 11.3 Å². The predicted octanol–water partition coefficient (Wildman–Crippen LogP) is 4.81. The summed E-state index contributed by atoms with van der Waals surface area (Å²) in [5.74, 6) is 1.91. The second kappa shape index (κ2) is 5.91. The number of hydrogen-bond donors (Lipinski definition) is 1. The Morgan fingerprint density at radius 2 is 2.00 bits per heavy atom. The molecule has 0 unspecified atom stereocenters. The van der Waals surface area contributed by atoms with Gasteiger partial charge in [0.15, 0.2) is 11.6 Å². The highest BCUT2D eigenvalue weighted by molar-refractivity contribution is 9.11. The fourth-order valence-corrected chi connectivity index (χ4v) is 3.44. The van der Waals surface area contributed by atoms with Crippen LogP contribution in [0.5, 0.6) is 5.75 Å². The monoisotopic (exact) mass is 364 g/mol. The molecule has 0 atom stereocenters. The Labute approximate surface area is 134 Å². The summed E-state index contributed by atoms with van der Waals surface area (Å²) in [4.78, 5) is 0.981. The molecule has 6 heteroatoms. The highest BCUT2D eigenvalue weighted by atomic mass is 79.9. The maximum absolute atomic E-state index is 5.97. The number of thiophene rings is 1. The van der Waals surface area contributed by atoms with E-state index in [9.17, 15) is 0 Å². The molecule has 0 aliphatic carbocycles. The molecule has 3 aromatic rings. The lowest BCUT2D eigenvalue weighted by molar-refractivity contribution is 0.340. The summed E-state index contributed by atoms with van der Waals surface area (Å²) >= 11 is 5.03. The van der Waals surface area contributed by atoms with Crippen molar-refractivity contribution in [3.63, 3.8) is 0 Å². The van der Waals surface area contributed by atoms with Gasteiger partial charge in [-0.25, -0.2) is 0 Å². The van der Waals surface area contributed by atoms with Gasteiger partial charge in [-0.05, 0) is 52.7 Å². The van der Waals surface area contributed by atoms with E-state index in [-0.39, 0.29) is 0 Å². The number of nitrogens with zero attached hydrogens (tertiary/aromatic N) is 1. The first-order valence-electron chi connectivity index (χ1n) is 6.43. The normalized spacial score (nSPS) is 10.8. The molecule has 2 aromatic heterocycles. The van der Waals surface area contributed by atoms with Crippen LogP contribution in [0.25, 0.3) is 21.8 Å². The molecule has 4 nitrogen and oxygen atoms in total. The van der Waals surface area contributed by atoms with Crippen molar-refractivity contribution in [2.75, 3.05) is 12.3 Å². The second-order valence-corrected chi connectivity index (χ2v) is 6.80. The second-order valence-electron chi connectivity index (χ2n) is 4.33. The zero-order valence-corrected chi connectivity index (χ0v) is 13.7. The molecule has 0 aliphatic heterocycles. The van der Waals surface area contributed by atoms with Gasteiger partial charge in [0.1, 0.15) is 5.75 Å². The highest BCUT2D eigenvalue weighted by Gasteiger charge is 2.19. The van der Waals surface area contributed by atoms with Crippen molar-refractivity contribution in [1.82, 2.24) is 5.16 Å². The molecule has 21 heavy (non-hydrogen) atoms. The van der Waals surface area contributed by atoms with Gasteiger partial charge in [0.05, 0.1) is 20.8 Å². The number of rotatable bonds is 4. The van der Waals surface area contributed by atoms with Crippen molar-refractivity contribution in [3.05, 3.63) is 40.2 Å². The number of nitrogens with two attached hydrogens (primary N) is 1. The molecule has 0 bridgehead atoms. The minimum Gasteiger partial charge on any atom is -0.494 e. The predicted molar refractivity (Wildman–Crippen MR) is 88.5 cm³/mol. The maximum atomic E-state index is 5.97. The van der Waals surface area contributed by atoms with Crippen LogP contribution in [0.1, 0.15) is 6.92 Å². The number of nitrogen functional groups attached to an aromatic ring is 1. The molecule has 0 radical (unpaired) electrons. The van der Waals surface area contributed by atoms with Crippen molar-refractivity contribution in [2.45, 2.75) is 6.92 Å². The summed E-state index contributed by atoms with van der Waals surface area (Å²) < 4.78 is 11.9. The van der Waals surface area contributed by atoms with Gasteiger partial charge in [0.2, 0.25) is 0 Å². The van der Waals surface area contributed by atoms with Gasteiger partial charge in [0.25, 0.3) is 0 Å². The SMILES string of the molecule is CCOc1ccc(-c2c(N)noc2-c2ccc(Br)s2)cc1. The van der Waals surface area contributed by atoms with Gasteiger partial charge >= 0.3 is 0 Å². The van der Waals surface area contributed by atoms with Crippen molar-refractivity contribution < 1.29 is 9.26 Å². The van der Waals surface area contributed by atoms with Crippen LogP contribution in [0.2, 0.25) is 0 Å². The number of benzene rings is 1. The number of anilines is 1. The molecule has 0 fully saturated rings. The van der Waals surface area contributed by atoms with E-state index in [0.29, 0.717) is 18.2 Å². The Morgan fingerprint density at radius 1 is 1.24 bits per heavy atom. The van der Waals surface area contributed by atoms with Gasteiger partial charge in [-0.2, -0.15) is 0 Å². The lowest BCUT2D eigenvalue weighted by Gasteiger charge is -2.05. The first-order chi connectivity index (χ1) is 10.2. The van der Waals surface area contributed by atoms with Gasteiger partial charge in [-0.3, -0.25) is 0 Å². The van der Waals surface area contributed by atoms with Gasteiger partial charge in [0, 0.05) is 0 Å². The average Bonchev–Trinajstić information content (AvgIpc) is 3.06. The molecular weight excluding hydrogens is 352 g/mol. The Bertz CT molecular complexity index is 749. The van der Waals surface area contributed by atoms with Crippen LogP contribution in [0.3, 0.4) is 0 Å². The van der Waals surface area contributed by atoms with Crippen LogP contribution in [0, 0.1) is 0 Å². The van der Waals surface area contributed by atoms with Crippen molar-refractivity contribution in [3.8, 4) is 27.5 Å². The molecule has 108 valence electrons. The largest absolute Gasteiger partial charge is 0.494 e. The summed E-state index contributed by atoms with van der Waals surface area (Å²) in [5, 5.41) is 3.90. The van der Waals surface area contributed by atoms with Crippen molar-refractivity contribution >= 4 is 33.1 Å². The first kappa shape index (κ1) is 14.2. The minimum atomic E-state index is 0.388. The molecule has 2 heterocycles. The van der Waals surface area contributed by atoms with Crippen LogP contribution in [0.4, 0.5) is 5.82 Å². The van der Waals surface area contributed by atoms with E-state index >= 15 is 0 Å². The Hall–Kier alpha value is -1.79. The van der Waals surface area contributed by atoms with Gasteiger partial charge < -0.3 is 15.0 Å². The van der Waals surface area contributed by atoms with Crippen LogP contribution < -0.4 is 10.5 Å². The molecule has 0 saturated carbocycles. The highest BCUT2D eigenvalue weighted by Crippen LogP contribution is 2.40. The van der Waals surface area contributed by atoms with E-state index < -0.39 is 0 Å². The van der Waals surface area contributed by atoms with E-state index in [1.165, 1.54) is 0 Å². The minimum absolute atomic E-state index is 0.388. The third-order valence-electron chi connectivity index (χ3n) is 2.97. The molecule has 0 saturated heterocycles. The molecule has 1 aromatic carbocycles. The van der Waals surface area contributed by atoms with Crippen LogP contribution in [0.15, 0.2) is 44.7 Å². The summed E-state index contributed by atoms with van der Waals surface area (Å²) in [6.07, 6.45) is 0. The Balaban J connectivity index is 2.04. The molecule has 3 rings (SSSR count). The van der Waals surface area contributed by atoms with Crippen LogP contribution >= 0.6 is 27.3 Å². The van der Waals surface area contributed by atoms with Crippen molar-refractivity contribution in [1.29, 1.82) is 0 Å². The summed E-state index contributed by atoms with van der Waals surface area (Å²) in [7, 11) is 0. The van der Waals surface area contributed by atoms with Crippen molar-refractivity contribution in [2.24, 2.45) is 0 Å². The van der Waals surface area contributed by atoms with E-state index in [1.807, 2.05) is 43.3 Å². The van der Waals surface area contributed by atoms with Crippen LogP contribution in [-0.2, 0) is 0 Å². The summed E-state index contributed by atoms with van der Waals surface area (Å²) in [5.41, 5.74) is 7.74. The van der Waals surface area contributed by atoms with E-state index in [4.69, 9.17) is 15.0 Å². The smallest absolute Gasteiger partial charge is 0.186 e. The zero-order valence-electron chi connectivity index (χ0n) is 11.3. The first-order valence-corrected chi connectivity index (χ1v) is 8.04. The number of halogens is 1. The summed E-state index contributed by atoms with van der Waals surface area (Å²) in [6.45, 7) is 2.60. The van der Waals surface area contributed by atoms with Crippen LogP contribution in [-0.4, -0.2) is 11.8 Å². The fraction of sp³-hybridized carbons (Fsp3) is 0.133. The average molecular weight is 365 g/mol. The van der Waals surface area contributed by atoms with E-state index in [1.54, 1.807) is 11.3 Å². The maximum Gasteiger partial charge on any atom is 0.186 e. The summed E-state index contributed by atoms with van der Waals surface area (Å²) in [6, 6.07) is 11.7. The Kier molecular flexibility index (Phi) is 3.98. The number of ether oxygens (including phenoxy) is 1. The molecule has 0 spiro atoms. The fourth-order valence-electron chi connectivity index (χ4n) is 2.07. The third kappa shape index (κ3) is 2.82. The number of aromatic nitrogens is 1. The Morgan fingerprint density at radius 3 is 2.62 bits per heavy atom. The molecule has 2 N–H and O–H groups in total. The van der Waals surface area contributed by atoms with E-state index in [0.717, 1.165) is 25.5 Å². The zero-order chi connectivity index (χ0) is 14.8. The number of hydrogen-bond acceptors (Lipinski definition) is 5. The lowest BCUT2D eigenvalue weighted by atomic mass is 10.0. The standard InChI is InChI=1S/C15H13BrN2O2S/c1-2-19-10-5-3-9(4-6-10)13-14(20-18-15(13)17)11-7-8-12(16)21-11/h3-8H,2H2,1H3,(H2,17,18).